The van der Waals surface area contributed by atoms with Crippen LogP contribution in [-0.4, -0.2) is 28.5 Å². The maximum absolute atomic E-state index is 9.02. The Morgan fingerprint density at radius 2 is 2.18 bits per heavy atom. The Bertz CT molecular complexity index is 377. The summed E-state index contributed by atoms with van der Waals surface area (Å²) in [6.45, 7) is 4.88. The van der Waals surface area contributed by atoms with Gasteiger partial charge in [0, 0.05) is 11.8 Å². The van der Waals surface area contributed by atoms with Crippen LogP contribution < -0.4 is 5.32 Å². The van der Waals surface area contributed by atoms with Crippen molar-refractivity contribution in [2.45, 2.75) is 30.5 Å². The largest absolute Gasteiger partial charge is 0.395 e. The van der Waals surface area contributed by atoms with E-state index < -0.39 is 0 Å². The minimum absolute atomic E-state index is 0.0557. The quantitative estimate of drug-likeness (QED) is 0.786. The van der Waals surface area contributed by atoms with Crippen LogP contribution in [0.4, 0.5) is 5.82 Å². The second kappa shape index (κ2) is 7.31. The SMILES string of the molecule is CCCNc1nc(SC(C)CO)c(Cl)cc1Cl. The summed E-state index contributed by atoms with van der Waals surface area (Å²) in [7, 11) is 0. The molecule has 0 aliphatic heterocycles. The second-order valence-electron chi connectivity index (χ2n) is 3.64. The fraction of sp³-hybridized carbons (Fsp3) is 0.545. The van der Waals surface area contributed by atoms with Crippen molar-refractivity contribution in [1.29, 1.82) is 0 Å². The van der Waals surface area contributed by atoms with Crippen LogP contribution in [0.5, 0.6) is 0 Å². The Morgan fingerprint density at radius 3 is 2.76 bits per heavy atom. The van der Waals surface area contributed by atoms with Gasteiger partial charge in [-0.05, 0) is 12.5 Å². The molecule has 1 aromatic heterocycles. The van der Waals surface area contributed by atoms with Crippen LogP contribution in [0, 0.1) is 0 Å². The average Bonchev–Trinajstić information content (AvgIpc) is 2.30. The fourth-order valence-corrected chi connectivity index (χ4v) is 2.46. The van der Waals surface area contributed by atoms with Crippen molar-refractivity contribution in [3.05, 3.63) is 16.1 Å². The van der Waals surface area contributed by atoms with Crippen LogP contribution >= 0.6 is 35.0 Å². The first-order valence-corrected chi connectivity index (χ1v) is 7.09. The summed E-state index contributed by atoms with van der Waals surface area (Å²) in [5, 5.41) is 13.9. The Labute approximate surface area is 116 Å². The number of aliphatic hydroxyl groups is 1. The molecule has 1 heterocycles. The average molecular weight is 295 g/mol. The molecular formula is C11H16Cl2N2OS. The van der Waals surface area contributed by atoms with Gasteiger partial charge in [0.1, 0.15) is 10.8 Å². The van der Waals surface area contributed by atoms with Gasteiger partial charge in [0.05, 0.1) is 16.7 Å². The van der Waals surface area contributed by atoms with E-state index >= 15 is 0 Å². The third-order valence-corrected chi connectivity index (χ3v) is 3.78. The predicted octanol–water partition coefficient (Wildman–Crippen LogP) is 3.68. The van der Waals surface area contributed by atoms with E-state index in [1.54, 1.807) is 6.07 Å². The number of anilines is 1. The number of pyridine rings is 1. The summed E-state index contributed by atoms with van der Waals surface area (Å²) in [5.74, 6) is 0.644. The number of hydrogen-bond acceptors (Lipinski definition) is 4. The molecule has 17 heavy (non-hydrogen) atoms. The number of aromatic nitrogens is 1. The molecule has 0 saturated carbocycles. The van der Waals surface area contributed by atoms with Crippen molar-refractivity contribution < 1.29 is 5.11 Å². The highest BCUT2D eigenvalue weighted by atomic mass is 35.5. The van der Waals surface area contributed by atoms with Crippen LogP contribution in [0.15, 0.2) is 11.1 Å². The van der Waals surface area contributed by atoms with Crippen molar-refractivity contribution >= 4 is 40.8 Å². The number of rotatable bonds is 6. The van der Waals surface area contributed by atoms with E-state index in [4.69, 9.17) is 28.3 Å². The molecule has 0 radical (unpaired) electrons. The van der Waals surface area contributed by atoms with Gasteiger partial charge in [0.2, 0.25) is 0 Å². The van der Waals surface area contributed by atoms with Crippen LogP contribution in [0.1, 0.15) is 20.3 Å². The Balaban J connectivity index is 2.89. The Morgan fingerprint density at radius 1 is 1.47 bits per heavy atom. The van der Waals surface area contributed by atoms with E-state index in [1.165, 1.54) is 11.8 Å². The second-order valence-corrected chi connectivity index (χ2v) is 5.89. The minimum Gasteiger partial charge on any atom is -0.395 e. The van der Waals surface area contributed by atoms with Crippen molar-refractivity contribution in [3.63, 3.8) is 0 Å². The van der Waals surface area contributed by atoms with Gasteiger partial charge >= 0.3 is 0 Å². The van der Waals surface area contributed by atoms with Crippen LogP contribution in [0.25, 0.3) is 0 Å². The standard InChI is InChI=1S/C11H16Cl2N2OS/c1-3-4-14-10-8(12)5-9(13)11(15-10)17-7(2)6-16/h5,7,16H,3-4,6H2,1-2H3,(H,14,15). The Hall–Kier alpha value is -0.160. The molecule has 1 unspecified atom stereocenters. The lowest BCUT2D eigenvalue weighted by molar-refractivity contribution is 0.300. The number of aliphatic hydroxyl groups excluding tert-OH is 1. The van der Waals surface area contributed by atoms with Crippen molar-refractivity contribution in [3.8, 4) is 0 Å². The predicted molar refractivity (Wildman–Crippen MR) is 75.4 cm³/mol. The summed E-state index contributed by atoms with van der Waals surface area (Å²) >= 11 is 13.5. The van der Waals surface area contributed by atoms with Crippen molar-refractivity contribution in [2.24, 2.45) is 0 Å². The zero-order chi connectivity index (χ0) is 12.8. The summed E-state index contributed by atoms with van der Waals surface area (Å²) in [5.41, 5.74) is 0. The summed E-state index contributed by atoms with van der Waals surface area (Å²) < 4.78 is 0. The summed E-state index contributed by atoms with van der Waals surface area (Å²) in [6, 6.07) is 1.68. The Kier molecular flexibility index (Phi) is 6.41. The van der Waals surface area contributed by atoms with Gasteiger partial charge < -0.3 is 10.4 Å². The first-order valence-electron chi connectivity index (χ1n) is 5.45. The number of nitrogens with zero attached hydrogens (tertiary/aromatic N) is 1. The molecule has 1 aromatic rings. The van der Waals surface area contributed by atoms with Crippen molar-refractivity contribution in [1.82, 2.24) is 4.98 Å². The third kappa shape index (κ3) is 4.54. The first-order chi connectivity index (χ1) is 8.08. The van der Waals surface area contributed by atoms with Gasteiger partial charge in [0.15, 0.2) is 0 Å². The number of halogens is 2. The molecule has 96 valence electrons. The molecule has 0 aliphatic rings. The van der Waals surface area contributed by atoms with E-state index in [-0.39, 0.29) is 11.9 Å². The van der Waals surface area contributed by atoms with E-state index in [1.807, 2.05) is 6.92 Å². The van der Waals surface area contributed by atoms with Crippen LogP contribution in [0.3, 0.4) is 0 Å². The van der Waals surface area contributed by atoms with Gasteiger partial charge in [-0.2, -0.15) is 0 Å². The lowest BCUT2D eigenvalue weighted by Crippen LogP contribution is -2.06. The van der Waals surface area contributed by atoms with E-state index in [0.717, 1.165) is 13.0 Å². The molecule has 0 amide bonds. The first kappa shape index (κ1) is 14.9. The minimum atomic E-state index is 0.0557. The monoisotopic (exact) mass is 294 g/mol. The smallest absolute Gasteiger partial charge is 0.146 e. The van der Waals surface area contributed by atoms with Crippen LogP contribution in [-0.2, 0) is 0 Å². The molecule has 6 heteroatoms. The van der Waals surface area contributed by atoms with E-state index in [9.17, 15) is 0 Å². The maximum atomic E-state index is 9.02. The van der Waals surface area contributed by atoms with Crippen LogP contribution in [0.2, 0.25) is 10.0 Å². The van der Waals surface area contributed by atoms with Gasteiger partial charge in [-0.3, -0.25) is 0 Å². The molecular weight excluding hydrogens is 279 g/mol. The molecule has 3 nitrogen and oxygen atoms in total. The normalized spacial score (nSPS) is 12.5. The summed E-state index contributed by atoms with van der Waals surface area (Å²) in [4.78, 5) is 4.37. The maximum Gasteiger partial charge on any atom is 0.146 e. The van der Waals surface area contributed by atoms with Gasteiger partial charge in [-0.1, -0.05) is 48.8 Å². The molecule has 0 fully saturated rings. The highest BCUT2D eigenvalue weighted by Crippen LogP contribution is 2.33. The number of hydrogen-bond donors (Lipinski definition) is 2. The molecule has 0 aliphatic carbocycles. The third-order valence-electron chi connectivity index (χ3n) is 2.01. The number of nitrogens with one attached hydrogen (secondary N) is 1. The zero-order valence-corrected chi connectivity index (χ0v) is 12.2. The highest BCUT2D eigenvalue weighted by Gasteiger charge is 2.12. The molecule has 0 aromatic carbocycles. The highest BCUT2D eigenvalue weighted by molar-refractivity contribution is 8.00. The molecule has 0 saturated heterocycles. The lowest BCUT2D eigenvalue weighted by atomic mass is 10.4. The molecule has 1 rings (SSSR count). The van der Waals surface area contributed by atoms with Crippen molar-refractivity contribution in [2.75, 3.05) is 18.5 Å². The molecule has 0 bridgehead atoms. The summed E-state index contributed by atoms with van der Waals surface area (Å²) in [6.07, 6.45) is 0.996. The molecule has 0 spiro atoms. The van der Waals surface area contributed by atoms with E-state index in [2.05, 4.69) is 17.2 Å². The fourth-order valence-electron chi connectivity index (χ4n) is 1.13. The molecule has 2 N–H and O–H groups in total. The number of thioether (sulfide) groups is 1. The van der Waals surface area contributed by atoms with E-state index in [0.29, 0.717) is 20.9 Å². The molecule has 1 atom stereocenters. The lowest BCUT2D eigenvalue weighted by Gasteiger charge is -2.12. The van der Waals surface area contributed by atoms with Gasteiger partial charge in [-0.15, -0.1) is 0 Å². The topological polar surface area (TPSA) is 45.2 Å². The van der Waals surface area contributed by atoms with Gasteiger partial charge in [0.25, 0.3) is 0 Å². The zero-order valence-electron chi connectivity index (χ0n) is 9.83. The van der Waals surface area contributed by atoms with Gasteiger partial charge in [-0.25, -0.2) is 4.98 Å².